The average Bonchev–Trinajstić information content (AvgIpc) is 2.69. The Morgan fingerprint density at radius 3 is 1.88 bits per heavy atom. The van der Waals surface area contributed by atoms with Gasteiger partial charge >= 0.3 is 0 Å². The van der Waals surface area contributed by atoms with E-state index in [0.29, 0.717) is 0 Å². The highest BCUT2D eigenvalue weighted by molar-refractivity contribution is 4.83. The van der Waals surface area contributed by atoms with Crippen molar-refractivity contribution >= 4 is 0 Å². The molecule has 0 N–H and O–H groups in total. The molecular formula is C25H46. The highest BCUT2D eigenvalue weighted by Crippen LogP contribution is 2.44. The maximum atomic E-state index is 2.58. The van der Waals surface area contributed by atoms with Gasteiger partial charge in [0.25, 0.3) is 0 Å². The van der Waals surface area contributed by atoms with Crippen LogP contribution in [0, 0.1) is 35.5 Å². The van der Waals surface area contributed by atoms with E-state index in [0.717, 1.165) is 35.5 Å². The van der Waals surface area contributed by atoms with Gasteiger partial charge in [-0.2, -0.15) is 0 Å². The van der Waals surface area contributed by atoms with Crippen molar-refractivity contribution in [3.8, 4) is 0 Å². The van der Waals surface area contributed by atoms with Gasteiger partial charge < -0.3 is 0 Å². The van der Waals surface area contributed by atoms with Crippen molar-refractivity contribution in [2.75, 3.05) is 0 Å². The number of hydrogen-bond acceptors (Lipinski definition) is 0. The summed E-state index contributed by atoms with van der Waals surface area (Å²) in [6.45, 7) is 4.98. The van der Waals surface area contributed by atoms with E-state index in [2.05, 4.69) is 13.8 Å². The van der Waals surface area contributed by atoms with Crippen molar-refractivity contribution in [3.63, 3.8) is 0 Å². The van der Waals surface area contributed by atoms with E-state index < -0.39 is 0 Å². The third kappa shape index (κ3) is 6.00. The predicted octanol–water partition coefficient (Wildman–Crippen LogP) is 8.40. The molecule has 3 aliphatic rings. The Hall–Kier alpha value is 0. The molecule has 0 nitrogen and oxygen atoms in total. The zero-order valence-corrected chi connectivity index (χ0v) is 17.5. The molecule has 0 bridgehead atoms. The SMILES string of the molecule is CC[C@H]1CC[C@H]([C@H]2CC[C@H](C(C)CCCC3CCCCC3)CC2)CC1. The predicted molar refractivity (Wildman–Crippen MR) is 111 cm³/mol. The highest BCUT2D eigenvalue weighted by Gasteiger charge is 2.31. The molecule has 0 aliphatic heterocycles. The van der Waals surface area contributed by atoms with E-state index in [-0.39, 0.29) is 0 Å². The van der Waals surface area contributed by atoms with Crippen LogP contribution in [-0.2, 0) is 0 Å². The number of rotatable bonds is 7. The molecule has 3 aliphatic carbocycles. The summed E-state index contributed by atoms with van der Waals surface area (Å²) >= 11 is 0. The van der Waals surface area contributed by atoms with Crippen LogP contribution in [0.1, 0.15) is 123 Å². The van der Waals surface area contributed by atoms with E-state index in [9.17, 15) is 0 Å². The van der Waals surface area contributed by atoms with E-state index in [4.69, 9.17) is 0 Å². The first-order chi connectivity index (χ1) is 12.3. The van der Waals surface area contributed by atoms with E-state index >= 15 is 0 Å². The van der Waals surface area contributed by atoms with Crippen LogP contribution in [0.4, 0.5) is 0 Å². The Bertz CT molecular complexity index is 337. The minimum atomic E-state index is 1.00. The molecule has 0 aromatic heterocycles. The fourth-order valence-corrected chi connectivity index (χ4v) is 6.69. The van der Waals surface area contributed by atoms with Crippen molar-refractivity contribution in [3.05, 3.63) is 0 Å². The molecule has 0 saturated heterocycles. The fourth-order valence-electron chi connectivity index (χ4n) is 6.69. The van der Waals surface area contributed by atoms with Gasteiger partial charge in [-0.3, -0.25) is 0 Å². The first-order valence-electron chi connectivity index (χ1n) is 12.3. The molecule has 0 heterocycles. The highest BCUT2D eigenvalue weighted by atomic mass is 14.4. The number of hydrogen-bond donors (Lipinski definition) is 0. The molecule has 1 atom stereocenters. The molecule has 3 rings (SSSR count). The molecule has 3 fully saturated rings. The maximum Gasteiger partial charge on any atom is -0.0386 e. The lowest BCUT2D eigenvalue weighted by molar-refractivity contribution is 0.124. The van der Waals surface area contributed by atoms with Gasteiger partial charge in [0.15, 0.2) is 0 Å². The standard InChI is InChI=1S/C25H46/c1-3-21-12-14-24(15-13-21)25-18-16-23(17-19-25)20(2)8-7-11-22-9-5-4-6-10-22/h20-25H,3-19H2,1-2H3/t20?,21-,23-,24-,25-. The zero-order chi connectivity index (χ0) is 17.5. The molecular weight excluding hydrogens is 300 g/mol. The molecule has 0 radical (unpaired) electrons. The van der Waals surface area contributed by atoms with Crippen LogP contribution in [0.15, 0.2) is 0 Å². The minimum absolute atomic E-state index is 1.00. The first kappa shape index (κ1) is 19.8. The van der Waals surface area contributed by atoms with Crippen LogP contribution in [0.5, 0.6) is 0 Å². The summed E-state index contributed by atoms with van der Waals surface area (Å²) in [6.07, 6.45) is 26.1. The second-order valence-electron chi connectivity index (χ2n) is 10.3. The monoisotopic (exact) mass is 346 g/mol. The van der Waals surface area contributed by atoms with E-state index in [1.807, 2.05) is 0 Å². The largest absolute Gasteiger partial charge is 0.0651 e. The Kier molecular flexibility index (Phi) is 8.19. The van der Waals surface area contributed by atoms with Gasteiger partial charge in [0.2, 0.25) is 0 Å². The lowest BCUT2D eigenvalue weighted by Crippen LogP contribution is -2.27. The third-order valence-electron chi connectivity index (χ3n) is 8.75. The quantitative estimate of drug-likeness (QED) is 0.434. The molecule has 0 aromatic carbocycles. The molecule has 146 valence electrons. The van der Waals surface area contributed by atoms with Crippen molar-refractivity contribution in [1.29, 1.82) is 0 Å². The van der Waals surface area contributed by atoms with Gasteiger partial charge in [0.05, 0.1) is 0 Å². The van der Waals surface area contributed by atoms with Crippen LogP contribution in [0.3, 0.4) is 0 Å². The van der Waals surface area contributed by atoms with Crippen LogP contribution in [0.25, 0.3) is 0 Å². The molecule has 3 saturated carbocycles. The normalized spacial score (nSPS) is 36.2. The van der Waals surface area contributed by atoms with Crippen LogP contribution >= 0.6 is 0 Å². The summed E-state index contributed by atoms with van der Waals surface area (Å²) in [5.41, 5.74) is 0. The van der Waals surface area contributed by atoms with Gasteiger partial charge in [-0.1, -0.05) is 84.5 Å². The Morgan fingerprint density at radius 2 is 1.28 bits per heavy atom. The van der Waals surface area contributed by atoms with E-state index in [1.165, 1.54) is 38.5 Å². The zero-order valence-electron chi connectivity index (χ0n) is 17.5. The van der Waals surface area contributed by atoms with Crippen LogP contribution in [0.2, 0.25) is 0 Å². The molecule has 0 amide bonds. The molecule has 1 unspecified atom stereocenters. The van der Waals surface area contributed by atoms with Gasteiger partial charge in [-0.25, -0.2) is 0 Å². The summed E-state index contributed by atoms with van der Waals surface area (Å²) in [6, 6.07) is 0. The van der Waals surface area contributed by atoms with Gasteiger partial charge in [-0.15, -0.1) is 0 Å². The van der Waals surface area contributed by atoms with Crippen molar-refractivity contribution in [2.24, 2.45) is 35.5 Å². The van der Waals surface area contributed by atoms with Gasteiger partial charge in [-0.05, 0) is 74.0 Å². The van der Waals surface area contributed by atoms with Crippen molar-refractivity contribution in [1.82, 2.24) is 0 Å². The Labute approximate surface area is 158 Å². The summed E-state index contributed by atoms with van der Waals surface area (Å²) in [5.74, 6) is 6.43. The van der Waals surface area contributed by atoms with Crippen molar-refractivity contribution < 1.29 is 0 Å². The second kappa shape index (κ2) is 10.4. The average molecular weight is 347 g/mol. The molecule has 0 heteroatoms. The lowest BCUT2D eigenvalue weighted by atomic mass is 9.67. The van der Waals surface area contributed by atoms with Gasteiger partial charge in [0.1, 0.15) is 0 Å². The molecule has 0 aromatic rings. The van der Waals surface area contributed by atoms with E-state index in [1.54, 1.807) is 70.6 Å². The summed E-state index contributed by atoms with van der Waals surface area (Å²) in [7, 11) is 0. The summed E-state index contributed by atoms with van der Waals surface area (Å²) < 4.78 is 0. The van der Waals surface area contributed by atoms with Crippen LogP contribution in [-0.4, -0.2) is 0 Å². The second-order valence-corrected chi connectivity index (χ2v) is 10.3. The lowest BCUT2D eigenvalue weighted by Gasteiger charge is -2.39. The topological polar surface area (TPSA) is 0 Å². The Morgan fingerprint density at radius 1 is 0.680 bits per heavy atom. The minimum Gasteiger partial charge on any atom is -0.0651 e. The molecule has 0 spiro atoms. The summed E-state index contributed by atoms with van der Waals surface area (Å²) in [5, 5.41) is 0. The first-order valence-corrected chi connectivity index (χ1v) is 12.3. The Balaban J connectivity index is 1.30. The smallest absolute Gasteiger partial charge is 0.0386 e. The van der Waals surface area contributed by atoms with Crippen LogP contribution < -0.4 is 0 Å². The third-order valence-corrected chi connectivity index (χ3v) is 8.75. The fraction of sp³-hybridized carbons (Fsp3) is 1.00. The van der Waals surface area contributed by atoms with Gasteiger partial charge in [0, 0.05) is 0 Å². The summed E-state index contributed by atoms with van der Waals surface area (Å²) in [4.78, 5) is 0. The maximum absolute atomic E-state index is 2.58. The van der Waals surface area contributed by atoms with Crippen molar-refractivity contribution in [2.45, 2.75) is 123 Å². The molecule has 25 heavy (non-hydrogen) atoms.